The van der Waals surface area contributed by atoms with E-state index >= 15 is 0 Å². The highest BCUT2D eigenvalue weighted by molar-refractivity contribution is 5.61. The maximum absolute atomic E-state index is 13.2. The summed E-state index contributed by atoms with van der Waals surface area (Å²) in [5.41, 5.74) is 0.208. The van der Waals surface area contributed by atoms with Crippen LogP contribution in [0.3, 0.4) is 0 Å². The number of anilines is 3. The minimum atomic E-state index is -4.53. The summed E-state index contributed by atoms with van der Waals surface area (Å²) in [5, 5.41) is 14.7. The van der Waals surface area contributed by atoms with Crippen molar-refractivity contribution in [2.45, 2.75) is 24.9 Å². The highest BCUT2D eigenvalue weighted by atomic mass is 19.4. The summed E-state index contributed by atoms with van der Waals surface area (Å²) in [5.74, 6) is 0.820. The molecule has 1 heterocycles. The van der Waals surface area contributed by atoms with Gasteiger partial charge >= 0.3 is 6.18 Å². The number of aromatic nitrogens is 2. The first kappa shape index (κ1) is 18.2. The summed E-state index contributed by atoms with van der Waals surface area (Å²) < 4.78 is 44.3. The number of nitrogens with zero attached hydrogens (tertiary/aromatic N) is 2. The molecule has 3 rings (SSSR count). The molecule has 1 aliphatic carbocycles. The van der Waals surface area contributed by atoms with Gasteiger partial charge in [-0.1, -0.05) is 0 Å². The Morgan fingerprint density at radius 1 is 1.23 bits per heavy atom. The van der Waals surface area contributed by atoms with Gasteiger partial charge in [0.15, 0.2) is 0 Å². The fraction of sp³-hybridized carbons (Fsp3) is 0.412. The maximum Gasteiger partial charge on any atom is 0.420 e. The minimum Gasteiger partial charge on any atom is -0.496 e. The number of hydrogen-bond acceptors (Lipinski definition) is 6. The van der Waals surface area contributed by atoms with Crippen LogP contribution in [0.2, 0.25) is 0 Å². The summed E-state index contributed by atoms with van der Waals surface area (Å²) in [6.07, 6.45) is -2.48. The number of alkyl halides is 3. The van der Waals surface area contributed by atoms with E-state index in [1.165, 1.54) is 19.2 Å². The van der Waals surface area contributed by atoms with E-state index in [2.05, 4.69) is 20.6 Å². The molecule has 26 heavy (non-hydrogen) atoms. The molecule has 9 heteroatoms. The van der Waals surface area contributed by atoms with Gasteiger partial charge in [0.05, 0.1) is 25.0 Å². The van der Waals surface area contributed by atoms with E-state index in [1.807, 2.05) is 0 Å². The molecule has 1 aliphatic rings. The SMILES string of the molecule is COc1ccc(Nc2cc(C3CC3)nc(NCCO)n2)cc1C(F)(F)F. The lowest BCUT2D eigenvalue weighted by Gasteiger charge is -2.15. The lowest BCUT2D eigenvalue weighted by atomic mass is 10.1. The van der Waals surface area contributed by atoms with Crippen LogP contribution in [0.4, 0.5) is 30.6 Å². The number of benzene rings is 1. The average molecular weight is 368 g/mol. The van der Waals surface area contributed by atoms with Crippen molar-refractivity contribution >= 4 is 17.5 Å². The van der Waals surface area contributed by atoms with E-state index in [-0.39, 0.29) is 24.6 Å². The number of nitrogens with one attached hydrogen (secondary N) is 2. The van der Waals surface area contributed by atoms with E-state index in [1.54, 1.807) is 6.07 Å². The molecular weight excluding hydrogens is 349 g/mol. The second-order valence-corrected chi connectivity index (χ2v) is 5.96. The van der Waals surface area contributed by atoms with Crippen molar-refractivity contribution in [2.75, 3.05) is 30.9 Å². The molecule has 1 aromatic carbocycles. The smallest absolute Gasteiger partial charge is 0.420 e. The molecule has 3 N–H and O–H groups in total. The zero-order valence-electron chi connectivity index (χ0n) is 14.1. The van der Waals surface area contributed by atoms with Crippen LogP contribution >= 0.6 is 0 Å². The first-order valence-electron chi connectivity index (χ1n) is 8.16. The Morgan fingerprint density at radius 3 is 2.62 bits per heavy atom. The van der Waals surface area contributed by atoms with E-state index in [0.29, 0.717) is 17.7 Å². The van der Waals surface area contributed by atoms with Crippen LogP contribution < -0.4 is 15.4 Å². The zero-order chi connectivity index (χ0) is 18.7. The van der Waals surface area contributed by atoms with Crippen LogP contribution in [0, 0.1) is 0 Å². The van der Waals surface area contributed by atoms with Crippen LogP contribution in [0.5, 0.6) is 5.75 Å². The topological polar surface area (TPSA) is 79.3 Å². The third kappa shape index (κ3) is 4.34. The van der Waals surface area contributed by atoms with Gasteiger partial charge in [0.1, 0.15) is 11.6 Å². The van der Waals surface area contributed by atoms with Crippen molar-refractivity contribution < 1.29 is 23.0 Å². The fourth-order valence-corrected chi connectivity index (χ4v) is 2.52. The maximum atomic E-state index is 13.2. The zero-order valence-corrected chi connectivity index (χ0v) is 14.1. The van der Waals surface area contributed by atoms with Crippen LogP contribution in [0.25, 0.3) is 0 Å². The molecule has 140 valence electrons. The molecular formula is C17H19F3N4O2. The Bertz CT molecular complexity index is 779. The highest BCUT2D eigenvalue weighted by Gasteiger charge is 2.34. The highest BCUT2D eigenvalue weighted by Crippen LogP contribution is 2.41. The minimum absolute atomic E-state index is 0.0762. The van der Waals surface area contributed by atoms with Gasteiger partial charge in [-0.05, 0) is 31.0 Å². The Balaban J connectivity index is 1.89. The van der Waals surface area contributed by atoms with Crippen LogP contribution in [0.1, 0.15) is 30.0 Å². The van der Waals surface area contributed by atoms with Crippen molar-refractivity contribution in [2.24, 2.45) is 0 Å². The molecule has 0 saturated heterocycles. The first-order valence-corrected chi connectivity index (χ1v) is 8.16. The van der Waals surface area contributed by atoms with Gasteiger partial charge in [0, 0.05) is 24.2 Å². The van der Waals surface area contributed by atoms with Gasteiger partial charge in [-0.3, -0.25) is 0 Å². The van der Waals surface area contributed by atoms with Crippen molar-refractivity contribution in [1.29, 1.82) is 0 Å². The number of hydrogen-bond donors (Lipinski definition) is 3. The van der Waals surface area contributed by atoms with Crippen molar-refractivity contribution in [3.05, 3.63) is 35.5 Å². The van der Waals surface area contributed by atoms with Crippen molar-refractivity contribution in [1.82, 2.24) is 9.97 Å². The summed E-state index contributed by atoms with van der Waals surface area (Å²) in [6, 6.07) is 5.48. The van der Waals surface area contributed by atoms with Gasteiger partial charge in [-0.15, -0.1) is 0 Å². The largest absolute Gasteiger partial charge is 0.496 e. The molecule has 0 bridgehead atoms. The Morgan fingerprint density at radius 2 is 2.00 bits per heavy atom. The molecule has 0 atom stereocenters. The number of methoxy groups -OCH3 is 1. The van der Waals surface area contributed by atoms with Gasteiger partial charge in [-0.2, -0.15) is 18.2 Å². The summed E-state index contributed by atoms with van der Waals surface area (Å²) >= 11 is 0. The van der Waals surface area contributed by atoms with E-state index in [9.17, 15) is 13.2 Å². The lowest BCUT2D eigenvalue weighted by molar-refractivity contribution is -0.138. The summed E-state index contributed by atoms with van der Waals surface area (Å²) in [6.45, 7) is 0.210. The van der Waals surface area contributed by atoms with E-state index < -0.39 is 11.7 Å². The average Bonchev–Trinajstić information content (AvgIpc) is 3.44. The second kappa shape index (κ2) is 7.36. The molecule has 1 saturated carbocycles. The Labute approximate surface area is 148 Å². The van der Waals surface area contributed by atoms with Gasteiger partial charge < -0.3 is 20.5 Å². The third-order valence-corrected chi connectivity index (χ3v) is 3.91. The number of ether oxygens (including phenoxy) is 1. The number of aliphatic hydroxyl groups excluding tert-OH is 1. The standard InChI is InChI=1S/C17H19F3N4O2/c1-26-14-5-4-11(8-12(14)17(18,19)20)22-15-9-13(10-2-3-10)23-16(24-15)21-6-7-25/h4-5,8-10,25H,2-3,6-7H2,1H3,(H2,21,22,23,24). The summed E-state index contributed by atoms with van der Waals surface area (Å²) in [7, 11) is 1.20. The molecule has 1 aromatic heterocycles. The molecule has 0 spiro atoms. The summed E-state index contributed by atoms with van der Waals surface area (Å²) in [4.78, 5) is 8.64. The molecule has 0 amide bonds. The monoisotopic (exact) mass is 368 g/mol. The normalized spacial score (nSPS) is 14.2. The number of rotatable bonds is 7. The predicted octanol–water partition coefficient (Wildman–Crippen LogP) is 3.53. The van der Waals surface area contributed by atoms with Gasteiger partial charge in [0.2, 0.25) is 5.95 Å². The van der Waals surface area contributed by atoms with Crippen molar-refractivity contribution in [3.63, 3.8) is 0 Å². The quantitative estimate of drug-likeness (QED) is 0.694. The molecule has 6 nitrogen and oxygen atoms in total. The van der Waals surface area contributed by atoms with Gasteiger partial charge in [-0.25, -0.2) is 4.98 Å². The molecule has 0 unspecified atom stereocenters. The molecule has 0 radical (unpaired) electrons. The first-order chi connectivity index (χ1) is 12.4. The van der Waals surface area contributed by atoms with E-state index in [0.717, 1.165) is 24.6 Å². The van der Waals surface area contributed by atoms with Crippen LogP contribution in [-0.4, -0.2) is 35.3 Å². The Hall–Kier alpha value is -2.55. The van der Waals surface area contributed by atoms with Crippen LogP contribution in [-0.2, 0) is 6.18 Å². The van der Waals surface area contributed by atoms with Gasteiger partial charge in [0.25, 0.3) is 0 Å². The fourth-order valence-electron chi connectivity index (χ4n) is 2.52. The molecule has 2 aromatic rings. The number of halogens is 3. The second-order valence-electron chi connectivity index (χ2n) is 5.96. The number of aliphatic hydroxyl groups is 1. The predicted molar refractivity (Wildman–Crippen MR) is 90.9 cm³/mol. The molecule has 1 fully saturated rings. The molecule has 0 aliphatic heterocycles. The van der Waals surface area contributed by atoms with E-state index in [4.69, 9.17) is 9.84 Å². The lowest BCUT2D eigenvalue weighted by Crippen LogP contribution is -2.11. The Kier molecular flexibility index (Phi) is 5.17. The van der Waals surface area contributed by atoms with Crippen molar-refractivity contribution in [3.8, 4) is 5.75 Å². The third-order valence-electron chi connectivity index (χ3n) is 3.91. The van der Waals surface area contributed by atoms with Crippen LogP contribution in [0.15, 0.2) is 24.3 Å².